The van der Waals surface area contributed by atoms with E-state index in [1.807, 2.05) is 6.92 Å². The molecule has 1 heterocycles. The van der Waals surface area contributed by atoms with Crippen molar-refractivity contribution in [3.8, 4) is 11.1 Å². The van der Waals surface area contributed by atoms with Crippen LogP contribution in [-0.2, 0) is 21.2 Å². The summed E-state index contributed by atoms with van der Waals surface area (Å²) in [5.74, 6) is -0.127. The molecule has 0 aliphatic carbocycles. The number of nitrogens with one attached hydrogen (secondary N) is 2. The van der Waals surface area contributed by atoms with E-state index in [1.165, 1.54) is 6.92 Å². The first-order valence-electron chi connectivity index (χ1n) is 9.28. The van der Waals surface area contributed by atoms with Gasteiger partial charge in [-0.05, 0) is 55.2 Å². The summed E-state index contributed by atoms with van der Waals surface area (Å²) in [4.78, 5) is 11.6. The molecule has 3 rings (SSSR count). The molecule has 30 heavy (non-hydrogen) atoms. The van der Waals surface area contributed by atoms with Gasteiger partial charge >= 0.3 is 0 Å². The third-order valence-corrected chi connectivity index (χ3v) is 6.34. The first kappa shape index (κ1) is 21.9. The van der Waals surface area contributed by atoms with Crippen molar-refractivity contribution in [1.82, 2.24) is 5.16 Å². The minimum absolute atomic E-state index is 0.108. The Balaban J connectivity index is 2.09. The molecule has 2 aromatic carbocycles. The number of anilines is 2. The van der Waals surface area contributed by atoms with Crippen molar-refractivity contribution in [2.24, 2.45) is 0 Å². The van der Waals surface area contributed by atoms with Crippen LogP contribution >= 0.6 is 11.6 Å². The summed E-state index contributed by atoms with van der Waals surface area (Å²) in [5.41, 5.74) is 3.47. The van der Waals surface area contributed by atoms with Crippen molar-refractivity contribution in [1.29, 1.82) is 0 Å². The molecule has 9 heteroatoms. The summed E-state index contributed by atoms with van der Waals surface area (Å²) in [7, 11) is -3.90. The predicted molar refractivity (Wildman–Crippen MR) is 117 cm³/mol. The van der Waals surface area contributed by atoms with Crippen LogP contribution in [0.1, 0.15) is 30.7 Å². The first-order chi connectivity index (χ1) is 14.1. The fourth-order valence-electron chi connectivity index (χ4n) is 3.06. The van der Waals surface area contributed by atoms with Crippen LogP contribution < -0.4 is 10.0 Å². The van der Waals surface area contributed by atoms with E-state index in [1.54, 1.807) is 50.2 Å². The number of sulfonamides is 1. The molecule has 7 nitrogen and oxygen atoms in total. The summed E-state index contributed by atoms with van der Waals surface area (Å²) in [6.07, 6.45) is 0.550. The largest absolute Gasteiger partial charge is 0.337 e. The lowest BCUT2D eigenvalue weighted by molar-refractivity contribution is -0.114. The van der Waals surface area contributed by atoms with Gasteiger partial charge in [0.05, 0.1) is 21.8 Å². The van der Waals surface area contributed by atoms with E-state index in [-0.39, 0.29) is 16.7 Å². The number of aryl methyl sites for hydroxylation is 3. The van der Waals surface area contributed by atoms with Crippen LogP contribution in [0.15, 0.2) is 45.8 Å². The van der Waals surface area contributed by atoms with Crippen LogP contribution in [0, 0.1) is 13.8 Å². The summed E-state index contributed by atoms with van der Waals surface area (Å²) in [6.45, 7) is 6.77. The van der Waals surface area contributed by atoms with Gasteiger partial charge in [-0.1, -0.05) is 41.9 Å². The van der Waals surface area contributed by atoms with Gasteiger partial charge in [0, 0.05) is 11.9 Å². The molecule has 0 bridgehead atoms. The van der Waals surface area contributed by atoms with Crippen LogP contribution in [0.2, 0.25) is 5.02 Å². The number of carbonyl (C=O) groups is 1. The van der Waals surface area contributed by atoms with Crippen LogP contribution in [-0.4, -0.2) is 19.5 Å². The number of benzene rings is 2. The van der Waals surface area contributed by atoms with E-state index in [9.17, 15) is 13.2 Å². The quantitative estimate of drug-likeness (QED) is 0.557. The van der Waals surface area contributed by atoms with Gasteiger partial charge in [0.25, 0.3) is 10.0 Å². The van der Waals surface area contributed by atoms with Gasteiger partial charge < -0.3 is 4.52 Å². The molecule has 2 N–H and O–H groups in total. The summed E-state index contributed by atoms with van der Waals surface area (Å²) < 4.78 is 34.2. The highest BCUT2D eigenvalue weighted by molar-refractivity contribution is 7.92. The Kier molecular flexibility index (Phi) is 6.19. The van der Waals surface area contributed by atoms with Crippen molar-refractivity contribution in [3.63, 3.8) is 0 Å². The van der Waals surface area contributed by atoms with E-state index < -0.39 is 10.0 Å². The molecule has 0 spiro atoms. The molecular weight excluding hydrogens is 426 g/mol. The summed E-state index contributed by atoms with van der Waals surface area (Å²) in [6, 6.07) is 10.0. The van der Waals surface area contributed by atoms with Gasteiger partial charge in [-0.25, -0.2) is 8.42 Å². The van der Waals surface area contributed by atoms with Crippen molar-refractivity contribution in [3.05, 3.63) is 58.2 Å². The molecule has 0 radical (unpaired) electrons. The van der Waals surface area contributed by atoms with E-state index in [2.05, 4.69) is 15.2 Å². The fourth-order valence-corrected chi connectivity index (χ4v) is 4.62. The van der Waals surface area contributed by atoms with E-state index in [0.717, 1.165) is 5.56 Å². The molecule has 0 saturated heterocycles. The minimum Gasteiger partial charge on any atom is -0.337 e. The van der Waals surface area contributed by atoms with Crippen molar-refractivity contribution in [2.45, 2.75) is 39.0 Å². The molecule has 0 aliphatic rings. The molecule has 0 aliphatic heterocycles. The number of aromatic nitrogens is 1. The number of amides is 1. The van der Waals surface area contributed by atoms with Crippen LogP contribution in [0.5, 0.6) is 0 Å². The Morgan fingerprint density at radius 3 is 2.50 bits per heavy atom. The second-order valence-corrected chi connectivity index (χ2v) is 9.00. The normalized spacial score (nSPS) is 11.4. The number of rotatable bonds is 6. The molecule has 0 unspecified atom stereocenters. The molecule has 1 amide bonds. The van der Waals surface area contributed by atoms with Gasteiger partial charge in [0.2, 0.25) is 11.8 Å². The molecule has 158 valence electrons. The predicted octanol–water partition coefficient (Wildman–Crippen LogP) is 4.93. The zero-order valence-electron chi connectivity index (χ0n) is 17.0. The number of nitrogens with zero attached hydrogens (tertiary/aromatic N) is 1. The molecule has 3 aromatic rings. The van der Waals surface area contributed by atoms with Gasteiger partial charge in [-0.3, -0.25) is 14.8 Å². The maximum Gasteiger partial charge on any atom is 0.262 e. The Morgan fingerprint density at radius 2 is 1.83 bits per heavy atom. The average molecular weight is 448 g/mol. The van der Waals surface area contributed by atoms with Crippen molar-refractivity contribution < 1.29 is 17.7 Å². The van der Waals surface area contributed by atoms with Crippen LogP contribution in [0.4, 0.5) is 11.6 Å². The van der Waals surface area contributed by atoms with Gasteiger partial charge in [0.1, 0.15) is 0 Å². The maximum absolute atomic E-state index is 13.2. The smallest absolute Gasteiger partial charge is 0.262 e. The van der Waals surface area contributed by atoms with Crippen LogP contribution in [0.25, 0.3) is 11.1 Å². The average Bonchev–Trinajstić information content (AvgIpc) is 3.06. The fraction of sp³-hybridized carbons (Fsp3) is 0.238. The van der Waals surface area contributed by atoms with E-state index >= 15 is 0 Å². The number of carbonyl (C=O) groups excluding carboxylic acids is 1. The second-order valence-electron chi connectivity index (χ2n) is 6.91. The van der Waals surface area contributed by atoms with Crippen molar-refractivity contribution in [2.75, 3.05) is 10.0 Å². The van der Waals surface area contributed by atoms with E-state index in [0.29, 0.717) is 39.5 Å². The SMILES string of the molecule is CCc1noc(NC(C)=O)c1-c1ccc(C)c(S(=O)(=O)Nc2cc(Cl)ccc2C)c1. The number of halogens is 1. The second kappa shape index (κ2) is 8.49. The standard InChI is InChI=1S/C21H22ClN3O4S/c1-5-17-20(21(29-24-17)23-14(4)26)15-8-6-13(3)19(10-15)30(27,28)25-18-11-16(22)9-7-12(18)2/h6-11,25H,5H2,1-4H3,(H,23,26). The topological polar surface area (TPSA) is 101 Å². The minimum atomic E-state index is -3.90. The number of hydrogen-bond donors (Lipinski definition) is 2. The van der Waals surface area contributed by atoms with Gasteiger partial charge in [-0.15, -0.1) is 0 Å². The summed E-state index contributed by atoms with van der Waals surface area (Å²) >= 11 is 6.02. The monoisotopic (exact) mass is 447 g/mol. The summed E-state index contributed by atoms with van der Waals surface area (Å²) in [5, 5.41) is 7.03. The lowest BCUT2D eigenvalue weighted by Crippen LogP contribution is -2.15. The highest BCUT2D eigenvalue weighted by atomic mass is 35.5. The highest BCUT2D eigenvalue weighted by Gasteiger charge is 2.23. The lowest BCUT2D eigenvalue weighted by atomic mass is 10.0. The Hall–Kier alpha value is -2.84. The molecule has 1 aromatic heterocycles. The van der Waals surface area contributed by atoms with Crippen molar-refractivity contribution >= 4 is 39.1 Å². The Morgan fingerprint density at radius 1 is 1.13 bits per heavy atom. The molecule has 0 saturated carbocycles. The van der Waals surface area contributed by atoms with Gasteiger partial charge in [-0.2, -0.15) is 0 Å². The maximum atomic E-state index is 13.2. The Bertz CT molecular complexity index is 1220. The third-order valence-electron chi connectivity index (χ3n) is 4.60. The molecule has 0 atom stereocenters. The lowest BCUT2D eigenvalue weighted by Gasteiger charge is -2.14. The zero-order chi connectivity index (χ0) is 22.1. The molecular formula is C21H22ClN3O4S. The van der Waals surface area contributed by atoms with E-state index in [4.69, 9.17) is 16.1 Å². The number of hydrogen-bond acceptors (Lipinski definition) is 5. The third kappa shape index (κ3) is 4.49. The van der Waals surface area contributed by atoms with Gasteiger partial charge in [0.15, 0.2) is 0 Å². The Labute approximate surface area is 180 Å². The zero-order valence-corrected chi connectivity index (χ0v) is 18.6. The first-order valence-corrected chi connectivity index (χ1v) is 11.1. The highest BCUT2D eigenvalue weighted by Crippen LogP contribution is 2.35. The molecule has 0 fully saturated rings. The van der Waals surface area contributed by atoms with Crippen LogP contribution in [0.3, 0.4) is 0 Å².